The zero-order chi connectivity index (χ0) is 25.2. The molecule has 0 unspecified atom stereocenters. The van der Waals surface area contributed by atoms with Crippen LogP contribution < -0.4 is 5.32 Å². The fraction of sp³-hybridized carbons (Fsp3) is 0.414. The van der Waals surface area contributed by atoms with Crippen LogP contribution in [0.2, 0.25) is 0 Å². The Morgan fingerprint density at radius 1 is 1.00 bits per heavy atom. The standard InChI is InChI=1S/C29H33N5O3/c35-28(19-33-15-11-31-12-16-33)34-13-7-21(8-14-34)27-18-25(20-5-9-30-10-6-20)29(37-27)23-1-3-24-22(17-23)2-4-26(24)32-36/h1,3,5-6,9-10,17-18,21,31,36H,2,4,7-8,11-16,19H2/b32-26+. The zero-order valence-corrected chi connectivity index (χ0v) is 21.0. The summed E-state index contributed by atoms with van der Waals surface area (Å²) in [7, 11) is 0. The monoisotopic (exact) mass is 499 g/mol. The Kier molecular flexibility index (Phi) is 6.76. The summed E-state index contributed by atoms with van der Waals surface area (Å²) in [5.41, 5.74) is 6.10. The smallest absolute Gasteiger partial charge is 0.236 e. The van der Waals surface area contributed by atoms with E-state index in [1.165, 1.54) is 5.56 Å². The van der Waals surface area contributed by atoms with E-state index in [2.05, 4.69) is 38.6 Å². The van der Waals surface area contributed by atoms with Gasteiger partial charge in [0.05, 0.1) is 12.3 Å². The average Bonchev–Trinajstić information content (AvgIpc) is 3.58. The number of benzene rings is 1. The number of amides is 1. The minimum atomic E-state index is 0.238. The lowest BCUT2D eigenvalue weighted by atomic mass is 9.93. The van der Waals surface area contributed by atoms with Crippen LogP contribution in [-0.2, 0) is 11.2 Å². The number of fused-ring (bicyclic) bond motifs is 1. The average molecular weight is 500 g/mol. The summed E-state index contributed by atoms with van der Waals surface area (Å²) in [4.78, 5) is 21.3. The second-order valence-corrected chi connectivity index (χ2v) is 10.2. The van der Waals surface area contributed by atoms with Gasteiger partial charge in [-0.05, 0) is 61.1 Å². The number of aromatic nitrogens is 1. The number of likely N-dealkylation sites (tertiary alicyclic amines) is 1. The van der Waals surface area contributed by atoms with Gasteiger partial charge < -0.3 is 19.8 Å². The maximum atomic E-state index is 12.9. The Balaban J connectivity index is 1.22. The van der Waals surface area contributed by atoms with Crippen molar-refractivity contribution in [3.63, 3.8) is 0 Å². The molecule has 0 atom stereocenters. The van der Waals surface area contributed by atoms with Crippen LogP contribution in [0.25, 0.3) is 22.5 Å². The van der Waals surface area contributed by atoms with Gasteiger partial charge in [-0.1, -0.05) is 17.3 Å². The van der Waals surface area contributed by atoms with Crippen LogP contribution in [0.3, 0.4) is 0 Å². The number of nitrogens with zero attached hydrogens (tertiary/aromatic N) is 4. The number of carbonyl (C=O) groups excluding carboxylic acids is 1. The summed E-state index contributed by atoms with van der Waals surface area (Å²) >= 11 is 0. The van der Waals surface area contributed by atoms with Crippen LogP contribution in [0.4, 0.5) is 0 Å². The molecular formula is C29H33N5O3. The van der Waals surface area contributed by atoms with Gasteiger partial charge in [0.25, 0.3) is 0 Å². The number of oxime groups is 1. The van der Waals surface area contributed by atoms with Crippen LogP contribution in [0, 0.1) is 0 Å². The van der Waals surface area contributed by atoms with Gasteiger partial charge in [0.1, 0.15) is 11.5 Å². The number of piperazine rings is 1. The highest BCUT2D eigenvalue weighted by Crippen LogP contribution is 2.41. The number of rotatable bonds is 5. The molecule has 2 fully saturated rings. The fourth-order valence-corrected chi connectivity index (χ4v) is 5.86. The number of hydrogen-bond donors (Lipinski definition) is 2. The molecule has 3 aliphatic rings. The molecule has 1 aliphatic carbocycles. The Morgan fingerprint density at radius 3 is 2.54 bits per heavy atom. The first-order valence-electron chi connectivity index (χ1n) is 13.3. The van der Waals surface area contributed by atoms with Crippen molar-refractivity contribution in [1.82, 2.24) is 20.1 Å². The van der Waals surface area contributed by atoms with E-state index in [-0.39, 0.29) is 11.8 Å². The lowest BCUT2D eigenvalue weighted by Crippen LogP contribution is -2.49. The van der Waals surface area contributed by atoms with Gasteiger partial charge in [0.2, 0.25) is 5.91 Å². The van der Waals surface area contributed by atoms with Crippen molar-refractivity contribution in [3.8, 4) is 22.5 Å². The van der Waals surface area contributed by atoms with Crippen LogP contribution in [0.1, 0.15) is 42.1 Å². The predicted molar refractivity (Wildman–Crippen MR) is 142 cm³/mol. The molecule has 1 amide bonds. The maximum absolute atomic E-state index is 12.9. The van der Waals surface area contributed by atoms with E-state index in [9.17, 15) is 10.0 Å². The minimum absolute atomic E-state index is 0.238. The van der Waals surface area contributed by atoms with Crippen LogP contribution in [0.5, 0.6) is 0 Å². The Morgan fingerprint density at radius 2 is 1.78 bits per heavy atom. The van der Waals surface area contributed by atoms with Crippen LogP contribution >= 0.6 is 0 Å². The number of carbonyl (C=O) groups is 1. The first kappa shape index (κ1) is 23.9. The molecule has 3 aromatic rings. The Bertz CT molecular complexity index is 1290. The lowest BCUT2D eigenvalue weighted by molar-refractivity contribution is -0.133. The fourth-order valence-electron chi connectivity index (χ4n) is 5.86. The van der Waals surface area contributed by atoms with Crippen molar-refractivity contribution in [2.24, 2.45) is 5.16 Å². The van der Waals surface area contributed by atoms with E-state index < -0.39 is 0 Å². The largest absolute Gasteiger partial charge is 0.460 e. The van der Waals surface area contributed by atoms with Crippen molar-refractivity contribution >= 4 is 11.6 Å². The van der Waals surface area contributed by atoms with Crippen molar-refractivity contribution in [3.05, 3.63) is 65.7 Å². The topological polar surface area (TPSA) is 94.2 Å². The highest BCUT2D eigenvalue weighted by atomic mass is 16.4. The highest BCUT2D eigenvalue weighted by Gasteiger charge is 2.29. The molecule has 2 saturated heterocycles. The number of pyridine rings is 1. The number of hydrogen-bond acceptors (Lipinski definition) is 7. The number of piperidine rings is 1. The Labute approximate surface area is 217 Å². The molecule has 8 nitrogen and oxygen atoms in total. The third-order valence-electron chi connectivity index (χ3n) is 7.99. The summed E-state index contributed by atoms with van der Waals surface area (Å²) in [6, 6.07) is 12.5. The van der Waals surface area contributed by atoms with E-state index in [0.717, 1.165) is 104 Å². The van der Waals surface area contributed by atoms with Crippen molar-refractivity contribution in [1.29, 1.82) is 0 Å². The number of aryl methyl sites for hydroxylation is 1. The van der Waals surface area contributed by atoms with E-state index in [1.807, 2.05) is 23.1 Å². The zero-order valence-electron chi connectivity index (χ0n) is 21.0. The molecule has 6 rings (SSSR count). The molecule has 37 heavy (non-hydrogen) atoms. The molecule has 2 aromatic heterocycles. The van der Waals surface area contributed by atoms with Crippen molar-refractivity contribution in [2.75, 3.05) is 45.8 Å². The van der Waals surface area contributed by atoms with Gasteiger partial charge >= 0.3 is 0 Å². The van der Waals surface area contributed by atoms with E-state index >= 15 is 0 Å². The van der Waals surface area contributed by atoms with Gasteiger partial charge in [-0.25, -0.2) is 0 Å². The second kappa shape index (κ2) is 10.5. The molecule has 2 aliphatic heterocycles. The van der Waals surface area contributed by atoms with Gasteiger partial charge in [0, 0.05) is 74.3 Å². The second-order valence-electron chi connectivity index (χ2n) is 10.2. The molecule has 0 radical (unpaired) electrons. The number of nitrogens with one attached hydrogen (secondary N) is 1. The summed E-state index contributed by atoms with van der Waals surface area (Å²) in [5, 5.41) is 16.1. The van der Waals surface area contributed by atoms with Crippen LogP contribution in [-0.4, -0.2) is 77.4 Å². The van der Waals surface area contributed by atoms with E-state index in [1.54, 1.807) is 12.4 Å². The third kappa shape index (κ3) is 4.91. The first-order chi connectivity index (χ1) is 18.2. The molecule has 0 spiro atoms. The normalized spacial score (nSPS) is 19.9. The van der Waals surface area contributed by atoms with Gasteiger partial charge in [-0.3, -0.25) is 14.7 Å². The van der Waals surface area contributed by atoms with Crippen LogP contribution in [0.15, 0.2) is 58.4 Å². The van der Waals surface area contributed by atoms with Crippen molar-refractivity contribution < 1.29 is 14.4 Å². The highest BCUT2D eigenvalue weighted by molar-refractivity contribution is 6.04. The first-order valence-corrected chi connectivity index (χ1v) is 13.3. The molecule has 2 N–H and O–H groups in total. The Hall–Kier alpha value is -3.49. The molecule has 8 heteroatoms. The summed E-state index contributed by atoms with van der Waals surface area (Å²) in [6.07, 6.45) is 7.03. The molecular weight excluding hydrogens is 466 g/mol. The van der Waals surface area contributed by atoms with Gasteiger partial charge in [-0.15, -0.1) is 0 Å². The molecule has 4 heterocycles. The number of furan rings is 1. The minimum Gasteiger partial charge on any atom is -0.460 e. The molecule has 0 bridgehead atoms. The third-order valence-corrected chi connectivity index (χ3v) is 7.99. The van der Waals surface area contributed by atoms with Gasteiger partial charge in [-0.2, -0.15) is 0 Å². The summed E-state index contributed by atoms with van der Waals surface area (Å²) in [5.74, 6) is 2.35. The molecule has 0 saturated carbocycles. The lowest BCUT2D eigenvalue weighted by Gasteiger charge is -2.34. The van der Waals surface area contributed by atoms with E-state index in [4.69, 9.17) is 4.42 Å². The summed E-state index contributed by atoms with van der Waals surface area (Å²) < 4.78 is 6.61. The maximum Gasteiger partial charge on any atom is 0.236 e. The molecule has 1 aromatic carbocycles. The van der Waals surface area contributed by atoms with Crippen molar-refractivity contribution in [2.45, 2.75) is 31.6 Å². The van der Waals surface area contributed by atoms with E-state index in [0.29, 0.717) is 6.54 Å². The predicted octanol–water partition coefficient (Wildman–Crippen LogP) is 3.74. The van der Waals surface area contributed by atoms with Gasteiger partial charge in [0.15, 0.2) is 0 Å². The molecule has 192 valence electrons. The SMILES string of the molecule is O=C(CN1CCNCC1)N1CCC(c2cc(-c3ccncc3)c(-c3ccc4c(c3)CC/C4=N\O)o2)CC1. The quantitative estimate of drug-likeness (QED) is 0.410. The summed E-state index contributed by atoms with van der Waals surface area (Å²) in [6.45, 7) is 5.83.